The maximum absolute atomic E-state index is 10.7. The van der Waals surface area contributed by atoms with Gasteiger partial charge in [0.05, 0.1) is 25.1 Å². The predicted molar refractivity (Wildman–Crippen MR) is 77.7 cm³/mol. The zero-order valence-electron chi connectivity index (χ0n) is 12.9. The number of imidazole rings is 1. The highest BCUT2D eigenvalue weighted by Gasteiger charge is 2.50. The van der Waals surface area contributed by atoms with Gasteiger partial charge in [0.25, 0.3) is 0 Å². The van der Waals surface area contributed by atoms with Crippen molar-refractivity contribution >= 4 is 0 Å². The third-order valence-electron chi connectivity index (χ3n) is 4.26. The van der Waals surface area contributed by atoms with Crippen molar-refractivity contribution in [2.45, 2.75) is 57.8 Å². The van der Waals surface area contributed by atoms with Crippen molar-refractivity contribution in [1.29, 1.82) is 0 Å². The van der Waals surface area contributed by atoms with Gasteiger partial charge in [-0.1, -0.05) is 20.8 Å². The van der Waals surface area contributed by atoms with Crippen LogP contribution >= 0.6 is 0 Å². The molecule has 6 heteroatoms. The van der Waals surface area contributed by atoms with E-state index in [0.717, 1.165) is 13.0 Å². The van der Waals surface area contributed by atoms with Crippen LogP contribution in [0.1, 0.15) is 33.2 Å². The first-order chi connectivity index (χ1) is 9.96. The molecule has 2 saturated heterocycles. The van der Waals surface area contributed by atoms with Crippen molar-refractivity contribution in [2.75, 3.05) is 13.2 Å². The molecule has 3 rings (SSSR count). The number of nitrogens with zero attached hydrogens (tertiary/aromatic N) is 2. The molecule has 21 heavy (non-hydrogen) atoms. The van der Waals surface area contributed by atoms with Gasteiger partial charge in [0, 0.05) is 12.4 Å². The average molecular weight is 295 g/mol. The molecule has 3 heterocycles. The number of hydrogen-bond donors (Lipinski definition) is 2. The number of ether oxygens (including phenoxy) is 2. The largest absolute Gasteiger partial charge is 0.389 e. The van der Waals surface area contributed by atoms with Crippen molar-refractivity contribution < 1.29 is 14.6 Å². The molecule has 5 atom stereocenters. The van der Waals surface area contributed by atoms with Crippen molar-refractivity contribution in [1.82, 2.24) is 14.9 Å². The molecule has 2 bridgehead atoms. The van der Waals surface area contributed by atoms with E-state index >= 15 is 0 Å². The van der Waals surface area contributed by atoms with E-state index in [1.807, 2.05) is 10.8 Å². The summed E-state index contributed by atoms with van der Waals surface area (Å²) < 4.78 is 13.5. The standard InChI is InChI=1S/C15H25N3O3/c1-15(2,3)4-5-17-11-10-8-20-14(21-10)12(13(11)19)18-7-6-16-9-18/h6-7,9-14,17,19H,4-5,8H2,1-3H3. The molecule has 2 fully saturated rings. The molecule has 5 unspecified atom stereocenters. The molecule has 0 aromatic carbocycles. The number of aliphatic hydroxyl groups is 1. The van der Waals surface area contributed by atoms with Gasteiger partial charge in [0.15, 0.2) is 6.29 Å². The van der Waals surface area contributed by atoms with Crippen molar-refractivity contribution in [3.05, 3.63) is 18.7 Å². The van der Waals surface area contributed by atoms with E-state index in [1.165, 1.54) is 0 Å². The molecule has 0 spiro atoms. The van der Waals surface area contributed by atoms with Crippen LogP contribution in [0.4, 0.5) is 0 Å². The summed E-state index contributed by atoms with van der Waals surface area (Å²) in [5.74, 6) is 0. The summed E-state index contributed by atoms with van der Waals surface area (Å²) in [6.07, 6.45) is 5.27. The Labute approximate surface area is 125 Å². The second-order valence-corrected chi connectivity index (χ2v) is 7.16. The minimum atomic E-state index is -0.551. The van der Waals surface area contributed by atoms with Gasteiger partial charge in [-0.15, -0.1) is 0 Å². The highest BCUT2D eigenvalue weighted by atomic mass is 16.7. The van der Waals surface area contributed by atoms with Crippen LogP contribution in [0.15, 0.2) is 18.7 Å². The second kappa shape index (κ2) is 5.68. The van der Waals surface area contributed by atoms with Crippen molar-refractivity contribution in [3.8, 4) is 0 Å². The molecule has 2 aliphatic rings. The molecule has 2 N–H and O–H groups in total. The summed E-state index contributed by atoms with van der Waals surface area (Å²) in [7, 11) is 0. The SMILES string of the molecule is CC(C)(C)CCNC1C2COC(O2)C(n2ccnc2)C1O. The number of nitrogens with one attached hydrogen (secondary N) is 1. The lowest BCUT2D eigenvalue weighted by Gasteiger charge is -2.39. The quantitative estimate of drug-likeness (QED) is 0.865. The minimum Gasteiger partial charge on any atom is -0.389 e. The molecule has 1 aromatic rings. The van der Waals surface area contributed by atoms with Crippen LogP contribution in [0, 0.1) is 5.41 Å². The Hall–Kier alpha value is -0.950. The lowest BCUT2D eigenvalue weighted by Crippen LogP contribution is -2.57. The van der Waals surface area contributed by atoms with Crippen molar-refractivity contribution in [2.24, 2.45) is 5.41 Å². The Balaban J connectivity index is 1.69. The monoisotopic (exact) mass is 295 g/mol. The first kappa shape index (κ1) is 15.0. The fourth-order valence-electron chi connectivity index (χ4n) is 3.03. The number of fused-ring (bicyclic) bond motifs is 2. The van der Waals surface area contributed by atoms with Gasteiger partial charge in [-0.2, -0.15) is 0 Å². The topological polar surface area (TPSA) is 68.5 Å². The van der Waals surface area contributed by atoms with Crippen molar-refractivity contribution in [3.63, 3.8) is 0 Å². The van der Waals surface area contributed by atoms with Crippen LogP contribution in [-0.2, 0) is 9.47 Å². The van der Waals surface area contributed by atoms with E-state index in [0.29, 0.717) is 6.61 Å². The van der Waals surface area contributed by atoms with Crippen LogP contribution in [0.25, 0.3) is 0 Å². The van der Waals surface area contributed by atoms with Crippen LogP contribution in [0.5, 0.6) is 0 Å². The normalized spacial score (nSPS) is 36.1. The predicted octanol–water partition coefficient (Wildman–Crippen LogP) is 0.935. The Morgan fingerprint density at radius 1 is 1.43 bits per heavy atom. The molecule has 6 nitrogen and oxygen atoms in total. The van der Waals surface area contributed by atoms with E-state index in [1.54, 1.807) is 12.5 Å². The Morgan fingerprint density at radius 2 is 2.24 bits per heavy atom. The minimum absolute atomic E-state index is 0.0789. The summed E-state index contributed by atoms with van der Waals surface area (Å²) >= 11 is 0. The van der Waals surface area contributed by atoms with Gasteiger partial charge in [-0.25, -0.2) is 4.98 Å². The highest BCUT2D eigenvalue weighted by molar-refractivity contribution is 5.01. The molecule has 0 amide bonds. The maximum atomic E-state index is 10.7. The first-order valence-corrected chi connectivity index (χ1v) is 7.62. The van der Waals surface area contributed by atoms with Crippen LogP contribution < -0.4 is 5.32 Å². The van der Waals surface area contributed by atoms with E-state index in [9.17, 15) is 5.11 Å². The van der Waals surface area contributed by atoms with Gasteiger partial charge in [-0.3, -0.25) is 0 Å². The number of hydrogen-bond acceptors (Lipinski definition) is 5. The molecule has 0 saturated carbocycles. The number of aromatic nitrogens is 2. The third-order valence-corrected chi connectivity index (χ3v) is 4.26. The van der Waals surface area contributed by atoms with Gasteiger partial charge in [0.2, 0.25) is 0 Å². The zero-order valence-corrected chi connectivity index (χ0v) is 12.9. The smallest absolute Gasteiger partial charge is 0.181 e. The summed E-state index contributed by atoms with van der Waals surface area (Å²) in [6, 6.07) is -0.364. The third kappa shape index (κ3) is 3.13. The Kier molecular flexibility index (Phi) is 4.05. The summed E-state index contributed by atoms with van der Waals surface area (Å²) in [4.78, 5) is 4.05. The summed E-state index contributed by atoms with van der Waals surface area (Å²) in [5.41, 5.74) is 0.270. The first-order valence-electron chi connectivity index (χ1n) is 7.62. The van der Waals surface area contributed by atoms with Crippen LogP contribution in [0.2, 0.25) is 0 Å². The fraction of sp³-hybridized carbons (Fsp3) is 0.800. The summed E-state index contributed by atoms with van der Waals surface area (Å²) in [5, 5.41) is 14.2. The lowest BCUT2D eigenvalue weighted by molar-refractivity contribution is -0.165. The Morgan fingerprint density at radius 3 is 2.90 bits per heavy atom. The molecular formula is C15H25N3O3. The maximum Gasteiger partial charge on any atom is 0.181 e. The van der Waals surface area contributed by atoms with Gasteiger partial charge < -0.3 is 24.5 Å². The van der Waals surface area contributed by atoms with Gasteiger partial charge in [-0.05, 0) is 18.4 Å². The number of rotatable bonds is 4. The molecular weight excluding hydrogens is 270 g/mol. The highest BCUT2D eigenvalue weighted by Crippen LogP contribution is 2.35. The van der Waals surface area contributed by atoms with Gasteiger partial charge >= 0.3 is 0 Å². The summed E-state index contributed by atoms with van der Waals surface area (Å²) in [6.45, 7) is 8.02. The van der Waals surface area contributed by atoms with Gasteiger partial charge in [0.1, 0.15) is 12.1 Å². The average Bonchev–Trinajstić information content (AvgIpc) is 3.03. The Bertz CT molecular complexity index is 457. The van der Waals surface area contributed by atoms with E-state index < -0.39 is 6.10 Å². The molecule has 1 aromatic heterocycles. The van der Waals surface area contributed by atoms with E-state index in [4.69, 9.17) is 9.47 Å². The van der Waals surface area contributed by atoms with Crippen LogP contribution in [-0.4, -0.2) is 52.3 Å². The molecule has 0 radical (unpaired) electrons. The lowest BCUT2D eigenvalue weighted by atomic mass is 9.91. The van der Waals surface area contributed by atoms with E-state index in [-0.39, 0.29) is 29.9 Å². The van der Waals surface area contributed by atoms with Crippen LogP contribution in [0.3, 0.4) is 0 Å². The second-order valence-electron chi connectivity index (χ2n) is 7.16. The van der Waals surface area contributed by atoms with E-state index in [2.05, 4.69) is 31.1 Å². The molecule has 2 aliphatic heterocycles. The molecule has 0 aliphatic carbocycles. The molecule has 118 valence electrons. The zero-order chi connectivity index (χ0) is 15.0. The number of aliphatic hydroxyl groups excluding tert-OH is 1. The fourth-order valence-corrected chi connectivity index (χ4v) is 3.03.